The fourth-order valence-corrected chi connectivity index (χ4v) is 3.74. The lowest BCUT2D eigenvalue weighted by Gasteiger charge is -2.14. The van der Waals surface area contributed by atoms with E-state index in [9.17, 15) is 15.0 Å². The Morgan fingerprint density at radius 3 is 1.88 bits per heavy atom. The molecule has 0 aliphatic carbocycles. The van der Waals surface area contributed by atoms with Crippen molar-refractivity contribution >= 4 is 14.1 Å². The summed E-state index contributed by atoms with van der Waals surface area (Å²) in [5, 5.41) is 27.4. The molecule has 0 spiro atoms. The van der Waals surface area contributed by atoms with Crippen LogP contribution < -0.4 is 0 Å². The van der Waals surface area contributed by atoms with E-state index in [0.717, 1.165) is 25.7 Å². The number of aliphatic hydroxyl groups is 3. The van der Waals surface area contributed by atoms with Gasteiger partial charge in [0.1, 0.15) is 11.9 Å². The largest absolute Gasteiger partial charge is 0.394 e. The van der Waals surface area contributed by atoms with Crippen LogP contribution in [0, 0.1) is 0 Å². The number of rotatable bonds is 19. The maximum atomic E-state index is 11.7. The van der Waals surface area contributed by atoms with Gasteiger partial charge < -0.3 is 15.3 Å². The number of hydrogen-bond acceptors (Lipinski definition) is 4. The molecule has 5 heteroatoms. The van der Waals surface area contributed by atoms with E-state index in [0.29, 0.717) is 6.42 Å². The monoisotopic (exact) mass is 388 g/mol. The average molecular weight is 389 g/mol. The van der Waals surface area contributed by atoms with Crippen LogP contribution in [0.3, 0.4) is 0 Å². The second kappa shape index (κ2) is 19.5. The fraction of sp³-hybridized carbons (Fsp3) is 0.857. The third-order valence-corrected chi connectivity index (χ3v) is 5.78. The van der Waals surface area contributed by atoms with Gasteiger partial charge in [-0.2, -0.15) is 0 Å². The van der Waals surface area contributed by atoms with Gasteiger partial charge in [0.2, 0.25) is 0 Å². The summed E-state index contributed by atoms with van der Waals surface area (Å²) in [6.45, 7) is 1.75. The lowest BCUT2D eigenvalue weighted by Crippen LogP contribution is -2.26. The van der Waals surface area contributed by atoms with Crippen LogP contribution in [0.15, 0.2) is 12.2 Å². The Balaban J connectivity index is 3.33. The van der Waals surface area contributed by atoms with Crippen molar-refractivity contribution in [1.82, 2.24) is 0 Å². The standard InChI is InChI=1S/C21H41O4P/c1-2-3-4-5-6-7-8-9-10-11-12-13-14-15-16-17-20(24)26-21(25)19(23)18-22/h9-10,19,21-23,25-26H,2-8,11-18H2,1H3/b10-9-. The van der Waals surface area contributed by atoms with E-state index in [1.807, 2.05) is 0 Å². The molecular weight excluding hydrogens is 347 g/mol. The summed E-state index contributed by atoms with van der Waals surface area (Å²) in [5.41, 5.74) is -0.0115. The first-order chi connectivity index (χ1) is 12.6. The van der Waals surface area contributed by atoms with Gasteiger partial charge in [0.25, 0.3) is 0 Å². The van der Waals surface area contributed by atoms with Crippen molar-refractivity contribution in [3.05, 3.63) is 12.2 Å². The Hall–Kier alpha value is -0.280. The van der Waals surface area contributed by atoms with Crippen molar-refractivity contribution < 1.29 is 20.1 Å². The van der Waals surface area contributed by atoms with Gasteiger partial charge in [-0.3, -0.25) is 4.79 Å². The molecule has 0 amide bonds. The fourth-order valence-electron chi connectivity index (χ4n) is 2.79. The maximum absolute atomic E-state index is 11.7. The molecule has 4 nitrogen and oxygen atoms in total. The summed E-state index contributed by atoms with van der Waals surface area (Å²) in [4.78, 5) is 11.7. The summed E-state index contributed by atoms with van der Waals surface area (Å²) in [6, 6.07) is 0. The molecule has 0 heterocycles. The van der Waals surface area contributed by atoms with Crippen molar-refractivity contribution in [1.29, 1.82) is 0 Å². The number of hydrogen-bond donors (Lipinski definition) is 3. The van der Waals surface area contributed by atoms with Gasteiger partial charge >= 0.3 is 0 Å². The molecule has 0 aromatic rings. The highest BCUT2D eigenvalue weighted by Crippen LogP contribution is 2.24. The van der Waals surface area contributed by atoms with Crippen molar-refractivity contribution in [2.24, 2.45) is 0 Å². The summed E-state index contributed by atoms with van der Waals surface area (Å²) in [7, 11) is -0.325. The van der Waals surface area contributed by atoms with Crippen LogP contribution in [0.25, 0.3) is 0 Å². The third kappa shape index (κ3) is 17.1. The number of unbranched alkanes of at least 4 members (excludes halogenated alkanes) is 11. The Bertz CT molecular complexity index is 347. The zero-order chi connectivity index (χ0) is 19.5. The minimum absolute atomic E-state index is 0.0115. The van der Waals surface area contributed by atoms with Gasteiger partial charge in [-0.05, 0) is 40.7 Å². The zero-order valence-corrected chi connectivity index (χ0v) is 17.7. The molecular formula is C21H41O4P. The van der Waals surface area contributed by atoms with Gasteiger partial charge in [0.15, 0.2) is 5.52 Å². The SMILES string of the molecule is CCCCCCCC/C=C\CCCCCCCC(=O)PC(O)C(O)CO. The van der Waals surface area contributed by atoms with Crippen LogP contribution in [0.2, 0.25) is 0 Å². The summed E-state index contributed by atoms with van der Waals surface area (Å²) >= 11 is 0. The number of aliphatic hydroxyl groups excluding tert-OH is 3. The van der Waals surface area contributed by atoms with Crippen LogP contribution in [0.1, 0.15) is 96.8 Å². The van der Waals surface area contributed by atoms with Crippen molar-refractivity contribution in [3.63, 3.8) is 0 Å². The van der Waals surface area contributed by atoms with E-state index in [2.05, 4.69) is 19.1 Å². The normalized spacial score (nSPS) is 14.5. The quantitative estimate of drug-likeness (QED) is 0.167. The van der Waals surface area contributed by atoms with Gasteiger partial charge in [0.05, 0.1) is 6.61 Å². The van der Waals surface area contributed by atoms with Crippen LogP contribution in [-0.2, 0) is 4.79 Å². The molecule has 3 unspecified atom stereocenters. The Kier molecular flexibility index (Phi) is 19.3. The predicted octanol–water partition coefficient (Wildman–Crippen LogP) is 4.90. The molecule has 3 N–H and O–H groups in total. The first-order valence-corrected chi connectivity index (χ1v) is 11.6. The molecule has 0 aliphatic heterocycles. The Labute approximate surface area is 162 Å². The topological polar surface area (TPSA) is 77.8 Å². The molecule has 26 heavy (non-hydrogen) atoms. The maximum Gasteiger partial charge on any atom is 0.154 e. The first-order valence-electron chi connectivity index (χ1n) is 10.5. The third-order valence-electron chi connectivity index (χ3n) is 4.53. The molecule has 0 aromatic carbocycles. The second-order valence-electron chi connectivity index (χ2n) is 7.10. The molecule has 0 saturated heterocycles. The molecule has 0 radical (unpaired) electrons. The van der Waals surface area contributed by atoms with Gasteiger partial charge in [-0.1, -0.05) is 70.4 Å². The molecule has 0 saturated carbocycles. The lowest BCUT2D eigenvalue weighted by atomic mass is 10.1. The van der Waals surface area contributed by atoms with Gasteiger partial charge in [-0.15, -0.1) is 0 Å². The average Bonchev–Trinajstić information content (AvgIpc) is 2.64. The van der Waals surface area contributed by atoms with E-state index >= 15 is 0 Å². The highest BCUT2D eigenvalue weighted by molar-refractivity contribution is 7.58. The van der Waals surface area contributed by atoms with Gasteiger partial charge in [0, 0.05) is 6.42 Å². The molecule has 0 aliphatic rings. The van der Waals surface area contributed by atoms with E-state index in [-0.39, 0.29) is 14.1 Å². The van der Waals surface area contributed by atoms with Crippen LogP contribution in [0.4, 0.5) is 0 Å². The smallest absolute Gasteiger partial charge is 0.154 e. The minimum atomic E-state index is -1.20. The molecule has 3 atom stereocenters. The number of allylic oxidation sites excluding steroid dienone is 2. The van der Waals surface area contributed by atoms with E-state index in [4.69, 9.17) is 5.11 Å². The second-order valence-corrected chi connectivity index (χ2v) is 8.53. The van der Waals surface area contributed by atoms with Crippen molar-refractivity contribution in [2.45, 2.75) is 109 Å². The first kappa shape index (κ1) is 25.7. The highest BCUT2D eigenvalue weighted by atomic mass is 31.1. The highest BCUT2D eigenvalue weighted by Gasteiger charge is 2.18. The Morgan fingerprint density at radius 1 is 0.846 bits per heavy atom. The van der Waals surface area contributed by atoms with E-state index in [1.165, 1.54) is 57.8 Å². The van der Waals surface area contributed by atoms with E-state index < -0.39 is 18.6 Å². The summed E-state index contributed by atoms with van der Waals surface area (Å²) < 4.78 is 0. The Morgan fingerprint density at radius 2 is 1.35 bits per heavy atom. The van der Waals surface area contributed by atoms with E-state index in [1.54, 1.807) is 0 Å². The van der Waals surface area contributed by atoms with Gasteiger partial charge in [-0.25, -0.2) is 0 Å². The number of carbonyl (C=O) groups excluding carboxylic acids is 1. The van der Waals surface area contributed by atoms with Crippen molar-refractivity contribution in [3.8, 4) is 0 Å². The molecule has 0 rings (SSSR count). The summed E-state index contributed by atoms with van der Waals surface area (Å²) in [5.74, 6) is -1.12. The number of carbonyl (C=O) groups is 1. The predicted molar refractivity (Wildman–Crippen MR) is 112 cm³/mol. The molecule has 154 valence electrons. The molecule has 0 aromatic heterocycles. The minimum Gasteiger partial charge on any atom is -0.394 e. The molecule has 0 fully saturated rings. The summed E-state index contributed by atoms with van der Waals surface area (Å²) in [6.07, 6.45) is 19.8. The van der Waals surface area contributed by atoms with Crippen LogP contribution in [-0.4, -0.2) is 39.4 Å². The molecule has 0 bridgehead atoms. The van der Waals surface area contributed by atoms with Crippen LogP contribution >= 0.6 is 8.58 Å². The zero-order valence-electron chi connectivity index (χ0n) is 16.7. The lowest BCUT2D eigenvalue weighted by molar-refractivity contribution is -0.111. The van der Waals surface area contributed by atoms with Crippen molar-refractivity contribution in [2.75, 3.05) is 6.61 Å². The van der Waals surface area contributed by atoms with Crippen LogP contribution in [0.5, 0.6) is 0 Å².